The molecule has 0 heterocycles. The monoisotopic (exact) mass is 298 g/mol. The molecule has 2 rings (SSSR count). The number of phenols is 2. The zero-order valence-electron chi connectivity index (χ0n) is 13.4. The van der Waals surface area contributed by atoms with Crippen molar-refractivity contribution >= 4 is 11.4 Å². The van der Waals surface area contributed by atoms with Crippen LogP contribution in [0.1, 0.15) is 50.7 Å². The summed E-state index contributed by atoms with van der Waals surface area (Å²) in [5, 5.41) is 28.1. The molecule has 0 unspecified atom stereocenters. The van der Waals surface area contributed by atoms with Gasteiger partial charge in [0.15, 0.2) is 0 Å². The first-order valence-electron chi connectivity index (χ1n) is 7.46. The third-order valence-corrected chi connectivity index (χ3v) is 3.53. The van der Waals surface area contributed by atoms with Crippen LogP contribution in [0, 0.1) is 0 Å². The molecule has 0 aliphatic rings. The van der Waals surface area contributed by atoms with Crippen molar-refractivity contribution in [3.63, 3.8) is 0 Å². The summed E-state index contributed by atoms with van der Waals surface area (Å²) in [5.74, 6) is 0.976. The second kappa shape index (κ2) is 6.60. The molecule has 2 N–H and O–H groups in total. The van der Waals surface area contributed by atoms with Gasteiger partial charge in [0.2, 0.25) is 0 Å². The number of nitrogens with zero attached hydrogens (tertiary/aromatic N) is 2. The van der Waals surface area contributed by atoms with Crippen molar-refractivity contribution in [3.8, 4) is 11.5 Å². The molecule has 0 radical (unpaired) electrons. The van der Waals surface area contributed by atoms with Gasteiger partial charge in [-0.25, -0.2) is 0 Å². The van der Waals surface area contributed by atoms with Gasteiger partial charge in [-0.3, -0.25) is 0 Å². The van der Waals surface area contributed by atoms with Crippen LogP contribution in [0.15, 0.2) is 46.6 Å². The maximum Gasteiger partial charge on any atom is 0.122 e. The maximum absolute atomic E-state index is 10.4. The summed E-state index contributed by atoms with van der Waals surface area (Å²) in [4.78, 5) is 0. The third kappa shape index (κ3) is 3.64. The van der Waals surface area contributed by atoms with E-state index in [0.29, 0.717) is 11.4 Å². The third-order valence-electron chi connectivity index (χ3n) is 3.53. The highest BCUT2D eigenvalue weighted by atomic mass is 16.3. The first kappa shape index (κ1) is 16.0. The van der Waals surface area contributed by atoms with E-state index in [1.807, 2.05) is 39.8 Å². The van der Waals surface area contributed by atoms with E-state index in [1.165, 1.54) is 0 Å². The van der Waals surface area contributed by atoms with E-state index in [4.69, 9.17) is 0 Å². The molecular weight excluding hydrogens is 276 g/mol. The van der Waals surface area contributed by atoms with Crippen LogP contribution < -0.4 is 0 Å². The Kier molecular flexibility index (Phi) is 4.81. The average Bonchev–Trinajstić information content (AvgIpc) is 2.47. The van der Waals surface area contributed by atoms with Gasteiger partial charge in [0.1, 0.15) is 11.5 Å². The Morgan fingerprint density at radius 3 is 1.64 bits per heavy atom. The van der Waals surface area contributed by atoms with Crippen molar-refractivity contribution in [2.75, 3.05) is 0 Å². The highest BCUT2D eigenvalue weighted by molar-refractivity contribution is 5.54. The molecule has 2 aromatic carbocycles. The molecule has 0 fully saturated rings. The number of phenolic OH excluding ortho intramolecular Hbond substituents is 2. The van der Waals surface area contributed by atoms with Crippen LogP contribution >= 0.6 is 0 Å². The van der Waals surface area contributed by atoms with E-state index in [9.17, 15) is 10.2 Å². The zero-order valence-corrected chi connectivity index (χ0v) is 13.4. The molecular formula is C18H22N2O2. The number of benzene rings is 2. The van der Waals surface area contributed by atoms with Crippen LogP contribution in [-0.2, 0) is 0 Å². The Hall–Kier alpha value is -2.36. The first-order chi connectivity index (χ1) is 10.4. The lowest BCUT2D eigenvalue weighted by atomic mass is 9.93. The topological polar surface area (TPSA) is 65.2 Å². The number of rotatable bonds is 4. The molecule has 0 spiro atoms. The quantitative estimate of drug-likeness (QED) is 0.705. The summed E-state index contributed by atoms with van der Waals surface area (Å²) in [7, 11) is 0. The summed E-state index contributed by atoms with van der Waals surface area (Å²) in [6, 6.07) is 10.3. The van der Waals surface area contributed by atoms with Gasteiger partial charge in [-0.15, -0.1) is 0 Å². The molecule has 0 aliphatic carbocycles. The van der Waals surface area contributed by atoms with Crippen LogP contribution in [0.3, 0.4) is 0 Å². The van der Waals surface area contributed by atoms with E-state index in [2.05, 4.69) is 10.2 Å². The van der Waals surface area contributed by atoms with Crippen molar-refractivity contribution < 1.29 is 10.2 Å². The summed E-state index contributed by atoms with van der Waals surface area (Å²) < 4.78 is 0. The number of hydrogen-bond donors (Lipinski definition) is 2. The maximum atomic E-state index is 10.4. The van der Waals surface area contributed by atoms with Crippen LogP contribution in [-0.4, -0.2) is 10.2 Å². The van der Waals surface area contributed by atoms with E-state index in [0.717, 1.165) is 16.8 Å². The summed E-state index contributed by atoms with van der Waals surface area (Å²) in [5.41, 5.74) is 3.15. The number of hydrogen-bond acceptors (Lipinski definition) is 4. The smallest absolute Gasteiger partial charge is 0.122 e. The number of aromatic hydroxyl groups is 2. The van der Waals surface area contributed by atoms with Gasteiger partial charge in [-0.1, -0.05) is 27.7 Å². The molecule has 2 aromatic rings. The standard InChI is InChI=1S/C18H22N2O2/c1-11(2)16-9-14(10-17(12(3)4)18(16)22)20-19-13-5-7-15(21)8-6-13/h5-12,21-22H,1-4H3. The van der Waals surface area contributed by atoms with Crippen LogP contribution in [0.2, 0.25) is 0 Å². The molecule has 0 atom stereocenters. The lowest BCUT2D eigenvalue weighted by Gasteiger charge is -2.15. The first-order valence-corrected chi connectivity index (χ1v) is 7.46. The highest BCUT2D eigenvalue weighted by Gasteiger charge is 2.15. The lowest BCUT2D eigenvalue weighted by molar-refractivity contribution is 0.454. The molecule has 0 saturated carbocycles. The molecule has 0 aliphatic heterocycles. The molecule has 4 heteroatoms. The van der Waals surface area contributed by atoms with Crippen molar-refractivity contribution in [1.82, 2.24) is 0 Å². The largest absolute Gasteiger partial charge is 0.508 e. The van der Waals surface area contributed by atoms with E-state index >= 15 is 0 Å². The minimum atomic E-state index is 0.202. The van der Waals surface area contributed by atoms with Crippen molar-refractivity contribution in [1.29, 1.82) is 0 Å². The molecule has 0 saturated heterocycles. The molecule has 116 valence electrons. The minimum Gasteiger partial charge on any atom is -0.508 e. The Balaban J connectivity index is 2.40. The molecule has 0 amide bonds. The Labute approximate surface area is 131 Å². The minimum absolute atomic E-state index is 0.202. The summed E-state index contributed by atoms with van der Waals surface area (Å²) in [6.45, 7) is 8.17. The molecule has 0 aromatic heterocycles. The van der Waals surface area contributed by atoms with Crippen molar-refractivity contribution in [3.05, 3.63) is 47.5 Å². The Morgan fingerprint density at radius 2 is 1.18 bits per heavy atom. The second-order valence-electron chi connectivity index (χ2n) is 6.00. The van der Waals surface area contributed by atoms with Gasteiger partial charge in [-0.2, -0.15) is 10.2 Å². The average molecular weight is 298 g/mol. The van der Waals surface area contributed by atoms with Gasteiger partial charge in [0.25, 0.3) is 0 Å². The van der Waals surface area contributed by atoms with Gasteiger partial charge in [-0.05, 0) is 59.4 Å². The van der Waals surface area contributed by atoms with E-state index in [1.54, 1.807) is 24.3 Å². The predicted molar refractivity (Wildman–Crippen MR) is 88.6 cm³/mol. The SMILES string of the molecule is CC(C)c1cc(N=Nc2ccc(O)cc2)cc(C(C)C)c1O. The van der Waals surface area contributed by atoms with Crippen molar-refractivity contribution in [2.24, 2.45) is 10.2 Å². The van der Waals surface area contributed by atoms with Gasteiger partial charge in [0, 0.05) is 0 Å². The van der Waals surface area contributed by atoms with E-state index in [-0.39, 0.29) is 17.6 Å². The predicted octanol–water partition coefficient (Wildman–Crippen LogP) is 5.76. The molecule has 0 bridgehead atoms. The lowest BCUT2D eigenvalue weighted by Crippen LogP contribution is -1.95. The molecule has 22 heavy (non-hydrogen) atoms. The van der Waals surface area contributed by atoms with Crippen molar-refractivity contribution in [2.45, 2.75) is 39.5 Å². The normalized spacial score (nSPS) is 11.7. The summed E-state index contributed by atoms with van der Waals surface area (Å²) >= 11 is 0. The summed E-state index contributed by atoms with van der Waals surface area (Å²) in [6.07, 6.45) is 0. The number of azo groups is 1. The zero-order chi connectivity index (χ0) is 16.3. The Bertz CT molecular complexity index is 645. The van der Waals surface area contributed by atoms with Gasteiger partial charge in [0.05, 0.1) is 11.4 Å². The fourth-order valence-electron chi connectivity index (χ4n) is 2.24. The molecule has 4 nitrogen and oxygen atoms in total. The van der Waals surface area contributed by atoms with Crippen LogP contribution in [0.25, 0.3) is 0 Å². The van der Waals surface area contributed by atoms with E-state index < -0.39 is 0 Å². The van der Waals surface area contributed by atoms with Gasteiger partial charge < -0.3 is 10.2 Å². The van der Waals surface area contributed by atoms with Crippen LogP contribution in [0.4, 0.5) is 11.4 Å². The second-order valence-corrected chi connectivity index (χ2v) is 6.00. The van der Waals surface area contributed by atoms with Gasteiger partial charge >= 0.3 is 0 Å². The fourth-order valence-corrected chi connectivity index (χ4v) is 2.24. The fraction of sp³-hybridized carbons (Fsp3) is 0.333. The highest BCUT2D eigenvalue weighted by Crippen LogP contribution is 2.37. The van der Waals surface area contributed by atoms with Crippen LogP contribution in [0.5, 0.6) is 11.5 Å². The Morgan fingerprint density at radius 1 is 0.727 bits per heavy atom.